The highest BCUT2D eigenvalue weighted by Crippen LogP contribution is 2.21. The maximum absolute atomic E-state index is 13.1. The smallest absolute Gasteiger partial charge is 0.256 e. The van der Waals surface area contributed by atoms with Gasteiger partial charge in [0.05, 0.1) is 11.1 Å². The molecule has 116 valence electrons. The largest absolute Gasteiger partial charge is 0.336 e. The summed E-state index contributed by atoms with van der Waals surface area (Å²) in [5, 5.41) is 4.39. The van der Waals surface area contributed by atoms with E-state index in [0.717, 1.165) is 55.4 Å². The summed E-state index contributed by atoms with van der Waals surface area (Å²) < 4.78 is 0. The van der Waals surface area contributed by atoms with Crippen LogP contribution in [-0.2, 0) is 0 Å². The number of aromatic nitrogens is 1. The van der Waals surface area contributed by atoms with Crippen LogP contribution in [0.2, 0.25) is 0 Å². The molecule has 3 rings (SSSR count). The van der Waals surface area contributed by atoms with Gasteiger partial charge in [-0.15, -0.1) is 0 Å². The van der Waals surface area contributed by atoms with E-state index in [2.05, 4.69) is 22.1 Å². The van der Waals surface area contributed by atoms with Crippen LogP contribution in [0.25, 0.3) is 10.9 Å². The number of rotatable bonds is 4. The fraction of sp³-hybridized carbons (Fsp3) is 0.444. The Kier molecular flexibility index (Phi) is 4.68. The number of hydrogen-bond donors (Lipinski definition) is 1. The first kappa shape index (κ1) is 15.0. The zero-order chi connectivity index (χ0) is 15.4. The van der Waals surface area contributed by atoms with Crippen LogP contribution in [0.1, 0.15) is 36.5 Å². The van der Waals surface area contributed by atoms with E-state index in [4.69, 9.17) is 0 Å². The first-order valence-electron chi connectivity index (χ1n) is 8.16. The average molecular weight is 297 g/mol. The fourth-order valence-electron chi connectivity index (χ4n) is 3.24. The van der Waals surface area contributed by atoms with Crippen LogP contribution in [0.4, 0.5) is 0 Å². The number of nitrogens with zero attached hydrogens (tertiary/aromatic N) is 2. The summed E-state index contributed by atoms with van der Waals surface area (Å²) in [6.07, 6.45) is 4.80. The Morgan fingerprint density at radius 2 is 2.05 bits per heavy atom. The molecule has 0 spiro atoms. The van der Waals surface area contributed by atoms with Crippen LogP contribution in [0.15, 0.2) is 36.5 Å². The van der Waals surface area contributed by atoms with Crippen LogP contribution in [-0.4, -0.2) is 41.5 Å². The quantitative estimate of drug-likeness (QED) is 0.944. The van der Waals surface area contributed by atoms with Crippen molar-refractivity contribution < 1.29 is 4.79 Å². The first-order chi connectivity index (χ1) is 10.8. The minimum atomic E-state index is 0.123. The van der Waals surface area contributed by atoms with Crippen LogP contribution in [0, 0.1) is 0 Å². The molecular weight excluding hydrogens is 274 g/mol. The molecule has 1 aliphatic heterocycles. The predicted octanol–water partition coefficient (Wildman–Crippen LogP) is 2.84. The highest BCUT2D eigenvalue weighted by molar-refractivity contribution is 6.05. The maximum atomic E-state index is 13.1. The minimum absolute atomic E-state index is 0.123. The third-order valence-corrected chi connectivity index (χ3v) is 4.34. The number of piperidine rings is 1. The van der Waals surface area contributed by atoms with Crippen molar-refractivity contribution in [3.05, 3.63) is 42.1 Å². The molecule has 0 atom stereocenters. The highest BCUT2D eigenvalue weighted by Gasteiger charge is 2.26. The molecule has 0 saturated carbocycles. The Hall–Kier alpha value is -1.94. The molecule has 1 aromatic heterocycles. The van der Waals surface area contributed by atoms with Gasteiger partial charge in [0.1, 0.15) is 0 Å². The first-order valence-corrected chi connectivity index (χ1v) is 8.16. The number of para-hydroxylation sites is 1. The molecular formula is C18H23N3O. The Bertz CT molecular complexity index is 644. The van der Waals surface area contributed by atoms with Crippen molar-refractivity contribution in [2.24, 2.45) is 0 Å². The second-order valence-electron chi connectivity index (χ2n) is 5.86. The van der Waals surface area contributed by atoms with E-state index in [1.165, 1.54) is 0 Å². The molecule has 0 radical (unpaired) electrons. The molecule has 22 heavy (non-hydrogen) atoms. The summed E-state index contributed by atoms with van der Waals surface area (Å²) in [5.41, 5.74) is 1.54. The summed E-state index contributed by atoms with van der Waals surface area (Å²) in [4.78, 5) is 19.6. The van der Waals surface area contributed by atoms with Gasteiger partial charge in [-0.3, -0.25) is 9.78 Å². The maximum Gasteiger partial charge on any atom is 0.256 e. The summed E-state index contributed by atoms with van der Waals surface area (Å²) in [6, 6.07) is 10.1. The van der Waals surface area contributed by atoms with Gasteiger partial charge >= 0.3 is 0 Å². The van der Waals surface area contributed by atoms with Crippen LogP contribution in [0.5, 0.6) is 0 Å². The third kappa shape index (κ3) is 2.97. The van der Waals surface area contributed by atoms with E-state index >= 15 is 0 Å². The summed E-state index contributed by atoms with van der Waals surface area (Å²) in [6.45, 7) is 4.92. The van der Waals surface area contributed by atoms with E-state index in [1.54, 1.807) is 6.20 Å². The molecule has 0 bridgehead atoms. The third-order valence-electron chi connectivity index (χ3n) is 4.34. The molecule has 1 aromatic carbocycles. The van der Waals surface area contributed by atoms with Gasteiger partial charge in [-0.1, -0.05) is 25.1 Å². The van der Waals surface area contributed by atoms with Crippen molar-refractivity contribution in [2.45, 2.75) is 32.2 Å². The van der Waals surface area contributed by atoms with Gasteiger partial charge in [0.25, 0.3) is 5.91 Å². The molecule has 4 heteroatoms. The number of pyridine rings is 1. The van der Waals surface area contributed by atoms with E-state index in [0.29, 0.717) is 6.04 Å². The summed E-state index contributed by atoms with van der Waals surface area (Å²) in [7, 11) is 0. The van der Waals surface area contributed by atoms with E-state index < -0.39 is 0 Å². The molecule has 2 aromatic rings. The standard InChI is InChI=1S/C18H23N3O/c1-2-13-21(15-8-11-19-12-9-15)18(22)16-7-3-5-14-6-4-10-20-17(14)16/h3-7,10,15,19H,2,8-9,11-13H2,1H3. The summed E-state index contributed by atoms with van der Waals surface area (Å²) >= 11 is 0. The number of nitrogens with one attached hydrogen (secondary N) is 1. The number of carbonyl (C=O) groups is 1. The van der Waals surface area contributed by atoms with Crippen LogP contribution >= 0.6 is 0 Å². The molecule has 4 nitrogen and oxygen atoms in total. The molecule has 2 heterocycles. The SMILES string of the molecule is CCCN(C(=O)c1cccc2cccnc12)C1CCNCC1. The fourth-order valence-corrected chi connectivity index (χ4v) is 3.24. The topological polar surface area (TPSA) is 45.2 Å². The second kappa shape index (κ2) is 6.88. The van der Waals surface area contributed by atoms with Gasteiger partial charge in [0.2, 0.25) is 0 Å². The monoisotopic (exact) mass is 297 g/mol. The lowest BCUT2D eigenvalue weighted by atomic mass is 10.0. The predicted molar refractivity (Wildman–Crippen MR) is 89.0 cm³/mol. The van der Waals surface area contributed by atoms with Crippen molar-refractivity contribution in [3.63, 3.8) is 0 Å². The lowest BCUT2D eigenvalue weighted by Crippen LogP contribution is -2.46. The van der Waals surface area contributed by atoms with Crippen molar-refractivity contribution in [1.82, 2.24) is 15.2 Å². The molecule has 1 amide bonds. The van der Waals surface area contributed by atoms with Crippen molar-refractivity contribution in [2.75, 3.05) is 19.6 Å². The van der Waals surface area contributed by atoms with E-state index in [1.807, 2.05) is 30.3 Å². The van der Waals surface area contributed by atoms with E-state index in [9.17, 15) is 4.79 Å². The molecule has 1 N–H and O–H groups in total. The number of fused-ring (bicyclic) bond motifs is 1. The highest BCUT2D eigenvalue weighted by atomic mass is 16.2. The van der Waals surface area contributed by atoms with Crippen molar-refractivity contribution in [3.8, 4) is 0 Å². The molecule has 1 fully saturated rings. The number of hydrogen-bond acceptors (Lipinski definition) is 3. The van der Waals surface area contributed by atoms with Gasteiger partial charge in [-0.2, -0.15) is 0 Å². The van der Waals surface area contributed by atoms with Crippen molar-refractivity contribution in [1.29, 1.82) is 0 Å². The van der Waals surface area contributed by atoms with Crippen LogP contribution < -0.4 is 5.32 Å². The second-order valence-corrected chi connectivity index (χ2v) is 5.86. The zero-order valence-corrected chi connectivity index (χ0v) is 13.1. The lowest BCUT2D eigenvalue weighted by molar-refractivity contribution is 0.0644. The van der Waals surface area contributed by atoms with Gasteiger partial charge < -0.3 is 10.2 Å². The van der Waals surface area contributed by atoms with Gasteiger partial charge in [-0.25, -0.2) is 0 Å². The average Bonchev–Trinajstić information content (AvgIpc) is 2.59. The van der Waals surface area contributed by atoms with Gasteiger partial charge in [0.15, 0.2) is 0 Å². The van der Waals surface area contributed by atoms with Crippen molar-refractivity contribution >= 4 is 16.8 Å². The number of amides is 1. The Morgan fingerprint density at radius 1 is 1.27 bits per heavy atom. The molecule has 1 aliphatic rings. The Morgan fingerprint density at radius 3 is 2.82 bits per heavy atom. The minimum Gasteiger partial charge on any atom is -0.336 e. The van der Waals surface area contributed by atoms with Gasteiger partial charge in [-0.05, 0) is 44.5 Å². The normalized spacial score (nSPS) is 15.9. The lowest BCUT2D eigenvalue weighted by Gasteiger charge is -2.34. The molecule has 0 aliphatic carbocycles. The Labute approximate surface area is 131 Å². The Balaban J connectivity index is 1.94. The zero-order valence-electron chi connectivity index (χ0n) is 13.1. The molecule has 1 saturated heterocycles. The van der Waals surface area contributed by atoms with E-state index in [-0.39, 0.29) is 5.91 Å². The molecule has 0 unspecified atom stereocenters. The number of carbonyl (C=O) groups excluding carboxylic acids is 1. The summed E-state index contributed by atoms with van der Waals surface area (Å²) in [5.74, 6) is 0.123. The van der Waals surface area contributed by atoms with Gasteiger partial charge in [0, 0.05) is 24.2 Å². The number of benzene rings is 1. The van der Waals surface area contributed by atoms with Crippen LogP contribution in [0.3, 0.4) is 0 Å².